The van der Waals surface area contributed by atoms with Crippen molar-refractivity contribution in [1.82, 2.24) is 4.98 Å². The van der Waals surface area contributed by atoms with Crippen LogP contribution in [0.1, 0.15) is 112 Å². The number of aliphatic hydroxyl groups excluding tert-OH is 1. The second-order valence-electron chi connectivity index (χ2n) is 13.2. The van der Waals surface area contributed by atoms with E-state index in [9.17, 15) is 9.90 Å². The van der Waals surface area contributed by atoms with Crippen LogP contribution in [0.15, 0.2) is 54.3 Å². The van der Waals surface area contributed by atoms with E-state index in [2.05, 4.69) is 90.1 Å². The van der Waals surface area contributed by atoms with Crippen LogP contribution in [0.4, 0.5) is 0 Å². The summed E-state index contributed by atoms with van der Waals surface area (Å²) in [6, 6.07) is 18.7. The Hall–Kier alpha value is -2.29. The van der Waals surface area contributed by atoms with Crippen LogP contribution in [-0.4, -0.2) is 15.9 Å². The number of aliphatic hydroxyl groups is 1. The van der Waals surface area contributed by atoms with Crippen molar-refractivity contribution in [3.05, 3.63) is 77.1 Å². The van der Waals surface area contributed by atoms with E-state index in [1.165, 1.54) is 28.2 Å². The Bertz CT molecular complexity index is 1320. The minimum Gasteiger partial charge on any atom is -0.512 e. The maximum absolute atomic E-state index is 12.0. The van der Waals surface area contributed by atoms with E-state index in [-0.39, 0.29) is 48.4 Å². The molecule has 1 heterocycles. The summed E-state index contributed by atoms with van der Waals surface area (Å²) in [6.45, 7) is 23.5. The quantitative estimate of drug-likeness (QED) is 0.128. The molecule has 1 N–H and O–H groups in total. The van der Waals surface area contributed by atoms with Gasteiger partial charge in [0, 0.05) is 42.9 Å². The minimum atomic E-state index is -0.319. The largest absolute Gasteiger partial charge is 0.512 e. The number of ketones is 1. The Labute approximate surface area is 270 Å². The molecule has 1 aromatic heterocycles. The Morgan fingerprint density at radius 1 is 0.976 bits per heavy atom. The standard InChI is InChI=1S/C24H28N.C14H26O2.Ir/c1-16(2)11-18-15-23(25-22-10-8-7-9-21(18)22)19-12-17(3)13-20(14-19)24(4,5)6;1-6-11(7-2)12(15)10-13(16)14(5,8-3)9-4;/h7-10,13-16H,11H2,1-6H3;10-11,15H,6-9H2,1-5H3;/q-1;;/b;12-10-;. The third-order valence-corrected chi connectivity index (χ3v) is 8.41. The second kappa shape index (κ2) is 16.5. The number of fused-ring (bicyclic) bond motifs is 1. The molecule has 0 atom stereocenters. The van der Waals surface area contributed by atoms with Gasteiger partial charge in [-0.2, -0.15) is 0 Å². The van der Waals surface area contributed by atoms with Crippen LogP contribution < -0.4 is 0 Å². The first-order valence-electron chi connectivity index (χ1n) is 15.6. The molecule has 0 aliphatic heterocycles. The summed E-state index contributed by atoms with van der Waals surface area (Å²) in [4.78, 5) is 17.0. The van der Waals surface area contributed by atoms with Gasteiger partial charge in [0.15, 0.2) is 5.78 Å². The summed E-state index contributed by atoms with van der Waals surface area (Å²) >= 11 is 0. The van der Waals surface area contributed by atoms with E-state index in [4.69, 9.17) is 4.98 Å². The molecule has 0 unspecified atom stereocenters. The van der Waals surface area contributed by atoms with Crippen molar-refractivity contribution >= 4 is 16.7 Å². The molecule has 0 aliphatic rings. The first kappa shape index (κ1) is 37.7. The van der Waals surface area contributed by atoms with E-state index >= 15 is 0 Å². The number of carbonyl (C=O) groups excluding carboxylic acids is 1. The van der Waals surface area contributed by atoms with Gasteiger partial charge in [-0.15, -0.1) is 34.9 Å². The Balaban J connectivity index is 0.000000455. The van der Waals surface area contributed by atoms with Crippen molar-refractivity contribution in [3.63, 3.8) is 0 Å². The molecule has 0 fully saturated rings. The summed E-state index contributed by atoms with van der Waals surface area (Å²) in [6.07, 6.45) is 5.89. The number of benzene rings is 2. The topological polar surface area (TPSA) is 50.2 Å². The van der Waals surface area contributed by atoms with E-state index in [0.29, 0.717) is 5.92 Å². The molecule has 3 rings (SSSR count). The number of carbonyl (C=O) groups is 1. The molecular weight excluding hydrogens is 695 g/mol. The SMILES string of the molecule is CCC(CC)/C(O)=C/C(=O)C(C)(CC)CC.Cc1[c-]c(-c2cc(CC(C)C)c3ccccc3n2)cc(C(C)(C)C)c1.[Ir]. The van der Waals surface area contributed by atoms with E-state index < -0.39 is 0 Å². The smallest absolute Gasteiger partial charge is 0.164 e. The number of allylic oxidation sites excluding steroid dienone is 2. The summed E-state index contributed by atoms with van der Waals surface area (Å²) < 4.78 is 0. The third kappa shape index (κ3) is 10.2. The third-order valence-electron chi connectivity index (χ3n) is 8.41. The number of hydrogen-bond donors (Lipinski definition) is 1. The van der Waals surface area contributed by atoms with Crippen LogP contribution in [0.5, 0.6) is 0 Å². The van der Waals surface area contributed by atoms with Crippen LogP contribution in [0.2, 0.25) is 0 Å². The van der Waals surface area contributed by atoms with Crippen LogP contribution >= 0.6 is 0 Å². The predicted octanol–water partition coefficient (Wildman–Crippen LogP) is 10.8. The number of para-hydroxylation sites is 1. The van der Waals surface area contributed by atoms with E-state index in [1.807, 2.05) is 34.6 Å². The molecule has 42 heavy (non-hydrogen) atoms. The van der Waals surface area contributed by atoms with Crippen molar-refractivity contribution < 1.29 is 30.0 Å². The van der Waals surface area contributed by atoms with Gasteiger partial charge in [0.1, 0.15) is 0 Å². The summed E-state index contributed by atoms with van der Waals surface area (Å²) in [7, 11) is 0. The summed E-state index contributed by atoms with van der Waals surface area (Å²) in [5.41, 5.74) is 6.88. The van der Waals surface area contributed by atoms with Crippen LogP contribution in [0, 0.1) is 30.2 Å². The number of aromatic nitrogens is 1. The zero-order valence-corrected chi connectivity index (χ0v) is 30.3. The van der Waals surface area contributed by atoms with Gasteiger partial charge in [0.05, 0.1) is 11.3 Å². The van der Waals surface area contributed by atoms with Gasteiger partial charge < -0.3 is 5.11 Å². The molecular formula is C38H54IrNO2-. The van der Waals surface area contributed by atoms with Gasteiger partial charge in [0.25, 0.3) is 0 Å². The number of nitrogens with zero attached hydrogens (tertiary/aromatic N) is 1. The van der Waals surface area contributed by atoms with Crippen molar-refractivity contribution in [2.24, 2.45) is 17.3 Å². The Kier molecular flexibility index (Phi) is 14.8. The van der Waals surface area contributed by atoms with Crippen molar-refractivity contribution in [2.45, 2.75) is 114 Å². The fraction of sp³-hybridized carbons (Fsp3) is 0.526. The summed E-state index contributed by atoms with van der Waals surface area (Å²) in [5, 5.41) is 11.1. The number of aryl methyl sites for hydroxylation is 1. The average molecular weight is 749 g/mol. The first-order valence-corrected chi connectivity index (χ1v) is 15.6. The molecule has 1 radical (unpaired) electrons. The van der Waals surface area contributed by atoms with Gasteiger partial charge >= 0.3 is 0 Å². The minimum absolute atomic E-state index is 0. The predicted molar refractivity (Wildman–Crippen MR) is 176 cm³/mol. The molecule has 233 valence electrons. The molecule has 0 aliphatic carbocycles. The molecule has 4 heteroatoms. The normalized spacial score (nSPS) is 12.3. The average Bonchev–Trinajstić information content (AvgIpc) is 2.92. The van der Waals surface area contributed by atoms with Gasteiger partial charge in [0.2, 0.25) is 0 Å². The molecule has 0 amide bonds. The van der Waals surface area contributed by atoms with E-state index in [1.54, 1.807) is 0 Å². The zero-order valence-electron chi connectivity index (χ0n) is 27.9. The van der Waals surface area contributed by atoms with Crippen LogP contribution in [-0.2, 0) is 36.7 Å². The Morgan fingerprint density at radius 2 is 1.57 bits per heavy atom. The fourth-order valence-corrected chi connectivity index (χ4v) is 5.01. The van der Waals surface area contributed by atoms with Gasteiger partial charge in [-0.3, -0.25) is 9.78 Å². The molecule has 0 bridgehead atoms. The van der Waals surface area contributed by atoms with E-state index in [0.717, 1.165) is 48.9 Å². The van der Waals surface area contributed by atoms with Gasteiger partial charge in [-0.05, 0) is 60.8 Å². The molecule has 0 saturated carbocycles. The monoisotopic (exact) mass is 749 g/mol. The number of hydrogen-bond acceptors (Lipinski definition) is 3. The van der Waals surface area contributed by atoms with Crippen molar-refractivity contribution in [3.8, 4) is 11.3 Å². The van der Waals surface area contributed by atoms with Gasteiger partial charge in [-0.1, -0.05) is 100 Å². The van der Waals surface area contributed by atoms with Crippen molar-refractivity contribution in [2.75, 3.05) is 0 Å². The zero-order chi connectivity index (χ0) is 31.0. The molecule has 0 saturated heterocycles. The van der Waals surface area contributed by atoms with Crippen LogP contribution in [0.3, 0.4) is 0 Å². The summed E-state index contributed by atoms with van der Waals surface area (Å²) in [5.74, 6) is 1.05. The molecule has 0 spiro atoms. The molecule has 3 nitrogen and oxygen atoms in total. The maximum Gasteiger partial charge on any atom is 0.164 e. The number of pyridine rings is 1. The second-order valence-corrected chi connectivity index (χ2v) is 13.2. The maximum atomic E-state index is 12.0. The van der Waals surface area contributed by atoms with Crippen LogP contribution in [0.25, 0.3) is 22.2 Å². The number of rotatable bonds is 10. The Morgan fingerprint density at radius 3 is 2.10 bits per heavy atom. The molecule has 3 aromatic rings. The van der Waals surface area contributed by atoms with Gasteiger partial charge in [-0.25, -0.2) is 0 Å². The molecule has 2 aromatic carbocycles. The fourth-order valence-electron chi connectivity index (χ4n) is 5.01. The van der Waals surface area contributed by atoms with Crippen molar-refractivity contribution in [1.29, 1.82) is 0 Å². The first-order chi connectivity index (χ1) is 19.2.